The molecule has 0 saturated carbocycles. The van der Waals surface area contributed by atoms with Crippen molar-refractivity contribution in [2.24, 2.45) is 0 Å². The van der Waals surface area contributed by atoms with Gasteiger partial charge in [0.2, 0.25) is 5.82 Å². The summed E-state index contributed by atoms with van der Waals surface area (Å²) in [4.78, 5) is 4.38. The Balaban J connectivity index is 1.51. The third kappa shape index (κ3) is 2.45. The molecule has 1 saturated heterocycles. The minimum absolute atomic E-state index is 0.197. The van der Waals surface area contributed by atoms with Crippen LogP contribution in [0.3, 0.4) is 0 Å². The maximum absolute atomic E-state index is 5.85. The van der Waals surface area contributed by atoms with Gasteiger partial charge in [0.05, 0.1) is 6.61 Å². The Bertz CT molecular complexity index is 624. The van der Waals surface area contributed by atoms with Gasteiger partial charge >= 0.3 is 0 Å². The van der Waals surface area contributed by atoms with Gasteiger partial charge in [0.15, 0.2) is 17.6 Å². The number of fused-ring (bicyclic) bond motifs is 1. The molecule has 0 spiro atoms. The lowest BCUT2D eigenvalue weighted by Gasteiger charge is -2.24. The van der Waals surface area contributed by atoms with E-state index in [4.69, 9.17) is 18.7 Å². The van der Waals surface area contributed by atoms with E-state index in [9.17, 15) is 0 Å². The van der Waals surface area contributed by atoms with Crippen LogP contribution in [0.2, 0.25) is 0 Å². The first-order chi connectivity index (χ1) is 10.4. The van der Waals surface area contributed by atoms with Crippen LogP contribution in [0.5, 0.6) is 11.5 Å². The Morgan fingerprint density at radius 1 is 1.14 bits per heavy atom. The number of ether oxygens (including phenoxy) is 3. The normalized spacial score (nSPS) is 24.8. The molecule has 21 heavy (non-hydrogen) atoms. The summed E-state index contributed by atoms with van der Waals surface area (Å²) in [5.74, 6) is 2.38. The van der Waals surface area contributed by atoms with Gasteiger partial charge in [-0.25, -0.2) is 0 Å². The molecule has 0 amide bonds. The monoisotopic (exact) mass is 289 g/mol. The maximum Gasteiger partial charge on any atom is 0.257 e. The van der Waals surface area contributed by atoms with Crippen LogP contribution in [0.15, 0.2) is 28.8 Å². The lowest BCUT2D eigenvalue weighted by atomic mass is 10.2. The van der Waals surface area contributed by atoms with E-state index in [-0.39, 0.29) is 12.2 Å². The Hall–Kier alpha value is -2.12. The van der Waals surface area contributed by atoms with Crippen molar-refractivity contribution in [3.05, 3.63) is 36.0 Å². The van der Waals surface area contributed by atoms with Crippen LogP contribution >= 0.6 is 0 Å². The van der Waals surface area contributed by atoms with E-state index < -0.39 is 0 Å². The third-order valence-electron chi connectivity index (χ3n) is 3.46. The van der Waals surface area contributed by atoms with Gasteiger partial charge in [0, 0.05) is 13.1 Å². The van der Waals surface area contributed by atoms with Crippen LogP contribution in [0.1, 0.15) is 23.9 Å². The number of rotatable bonds is 2. The highest BCUT2D eigenvalue weighted by Crippen LogP contribution is 2.35. The number of hydrogen-bond acceptors (Lipinski definition) is 7. The number of hydrogen-bond donors (Lipinski definition) is 1. The summed E-state index contributed by atoms with van der Waals surface area (Å²) in [6.07, 6.45) is -0.564. The smallest absolute Gasteiger partial charge is 0.257 e. The van der Waals surface area contributed by atoms with E-state index in [2.05, 4.69) is 15.5 Å². The number of para-hydroxylation sites is 2. The van der Waals surface area contributed by atoms with Crippen molar-refractivity contribution < 1.29 is 18.7 Å². The van der Waals surface area contributed by atoms with Crippen molar-refractivity contribution in [2.45, 2.75) is 12.2 Å². The predicted octanol–water partition coefficient (Wildman–Crippen LogP) is 1.24. The van der Waals surface area contributed by atoms with Crippen molar-refractivity contribution in [3.8, 4) is 11.5 Å². The van der Waals surface area contributed by atoms with Gasteiger partial charge in [0.1, 0.15) is 12.7 Å². The molecule has 1 aromatic carbocycles. The van der Waals surface area contributed by atoms with Gasteiger partial charge in [-0.05, 0) is 12.1 Å². The summed E-state index contributed by atoms with van der Waals surface area (Å²) in [5.41, 5.74) is 0. The predicted molar refractivity (Wildman–Crippen MR) is 71.2 cm³/mol. The van der Waals surface area contributed by atoms with Crippen molar-refractivity contribution in [2.75, 3.05) is 26.3 Å². The van der Waals surface area contributed by atoms with E-state index in [0.717, 1.165) is 12.3 Å². The first-order valence-electron chi connectivity index (χ1n) is 6.94. The highest BCUT2D eigenvalue weighted by Gasteiger charge is 2.29. The number of nitrogens with one attached hydrogen (secondary N) is 1. The van der Waals surface area contributed by atoms with E-state index in [1.165, 1.54) is 0 Å². The van der Waals surface area contributed by atoms with Crippen molar-refractivity contribution in [1.82, 2.24) is 15.5 Å². The molecule has 2 aromatic rings. The van der Waals surface area contributed by atoms with Crippen molar-refractivity contribution >= 4 is 0 Å². The Morgan fingerprint density at radius 3 is 2.90 bits per heavy atom. The van der Waals surface area contributed by atoms with Gasteiger partial charge in [-0.15, -0.1) is 0 Å². The Labute approximate surface area is 121 Å². The first-order valence-corrected chi connectivity index (χ1v) is 6.94. The number of nitrogens with zero attached hydrogens (tertiary/aromatic N) is 2. The molecule has 3 heterocycles. The molecule has 0 aliphatic carbocycles. The molecule has 1 fully saturated rings. The van der Waals surface area contributed by atoms with Crippen LogP contribution in [0, 0.1) is 0 Å². The lowest BCUT2D eigenvalue weighted by Crippen LogP contribution is -2.33. The molecule has 0 radical (unpaired) electrons. The van der Waals surface area contributed by atoms with E-state index in [1.807, 2.05) is 24.3 Å². The van der Waals surface area contributed by atoms with Gasteiger partial charge < -0.3 is 24.1 Å². The molecule has 2 aliphatic heterocycles. The average Bonchev–Trinajstić information content (AvgIpc) is 3.05. The quantitative estimate of drug-likeness (QED) is 0.891. The van der Waals surface area contributed by atoms with Gasteiger partial charge in [0.25, 0.3) is 5.89 Å². The molecule has 110 valence electrons. The molecule has 0 bridgehead atoms. The van der Waals surface area contributed by atoms with Gasteiger partial charge in [-0.3, -0.25) is 0 Å². The second kappa shape index (κ2) is 5.34. The van der Waals surface area contributed by atoms with Crippen molar-refractivity contribution in [3.63, 3.8) is 0 Å². The van der Waals surface area contributed by atoms with Crippen molar-refractivity contribution in [1.29, 1.82) is 0 Å². The fraction of sp³-hybridized carbons (Fsp3) is 0.429. The van der Waals surface area contributed by atoms with Crippen LogP contribution in [-0.2, 0) is 4.74 Å². The second-order valence-electron chi connectivity index (χ2n) is 4.92. The molecule has 4 rings (SSSR count). The number of benzene rings is 1. The SMILES string of the molecule is c1ccc2c(c1)OCC(c1noc(C3CNCCO3)n1)O2. The van der Waals surface area contributed by atoms with Crippen LogP contribution in [0.25, 0.3) is 0 Å². The topological polar surface area (TPSA) is 78.6 Å². The summed E-state index contributed by atoms with van der Waals surface area (Å²) in [7, 11) is 0. The molecule has 2 atom stereocenters. The second-order valence-corrected chi connectivity index (χ2v) is 4.92. The largest absolute Gasteiger partial charge is 0.485 e. The fourth-order valence-electron chi connectivity index (χ4n) is 2.38. The molecule has 2 aliphatic rings. The first kappa shape index (κ1) is 12.6. The average molecular weight is 289 g/mol. The molecule has 7 nitrogen and oxygen atoms in total. The summed E-state index contributed by atoms with van der Waals surface area (Å²) < 4.78 is 22.4. The van der Waals surface area contributed by atoms with E-state index in [0.29, 0.717) is 37.2 Å². The molecular formula is C14H15N3O4. The number of morpholine rings is 1. The van der Waals surface area contributed by atoms with Gasteiger partial charge in [-0.2, -0.15) is 4.98 Å². The molecule has 1 N–H and O–H groups in total. The fourth-order valence-corrected chi connectivity index (χ4v) is 2.38. The molecular weight excluding hydrogens is 274 g/mol. The van der Waals surface area contributed by atoms with Crippen LogP contribution in [0.4, 0.5) is 0 Å². The Morgan fingerprint density at radius 2 is 2.05 bits per heavy atom. The standard InChI is InChI=1S/C14H15N3O4/c1-2-4-10-9(3-1)19-8-12(20-10)13-16-14(21-17-13)11-7-15-5-6-18-11/h1-4,11-12,15H,5-8H2. The van der Waals surface area contributed by atoms with E-state index in [1.54, 1.807) is 0 Å². The van der Waals surface area contributed by atoms with Crippen LogP contribution < -0.4 is 14.8 Å². The van der Waals surface area contributed by atoms with E-state index >= 15 is 0 Å². The molecule has 2 unspecified atom stereocenters. The Kier molecular flexibility index (Phi) is 3.21. The highest BCUT2D eigenvalue weighted by molar-refractivity contribution is 5.40. The minimum Gasteiger partial charge on any atom is -0.485 e. The summed E-state index contributed by atoms with van der Waals surface area (Å²) in [5, 5.41) is 7.22. The highest BCUT2D eigenvalue weighted by atomic mass is 16.6. The molecule has 7 heteroatoms. The third-order valence-corrected chi connectivity index (χ3v) is 3.46. The summed E-state index contributed by atoms with van der Waals surface area (Å²) in [6.45, 7) is 2.51. The zero-order chi connectivity index (χ0) is 14.1. The summed E-state index contributed by atoms with van der Waals surface area (Å²) in [6, 6.07) is 7.53. The van der Waals surface area contributed by atoms with Gasteiger partial charge in [-0.1, -0.05) is 17.3 Å². The zero-order valence-electron chi connectivity index (χ0n) is 11.3. The molecule has 1 aromatic heterocycles. The number of aromatic nitrogens is 2. The minimum atomic E-state index is -0.367. The zero-order valence-corrected chi connectivity index (χ0v) is 11.3. The lowest BCUT2D eigenvalue weighted by molar-refractivity contribution is 0.00754. The maximum atomic E-state index is 5.85. The summed E-state index contributed by atoms with van der Waals surface area (Å²) >= 11 is 0. The van der Waals surface area contributed by atoms with Crippen LogP contribution in [-0.4, -0.2) is 36.4 Å².